The van der Waals surface area contributed by atoms with Gasteiger partial charge in [0.05, 0.1) is 6.10 Å². The first-order valence-electron chi connectivity index (χ1n) is 8.33. The van der Waals surface area contributed by atoms with Crippen LogP contribution in [-0.4, -0.2) is 36.6 Å². The molecule has 0 spiro atoms. The number of thiophene rings is 1. The predicted octanol–water partition coefficient (Wildman–Crippen LogP) is 4.06. The number of likely N-dealkylation sites (tertiary alicyclic amines) is 1. The van der Waals surface area contributed by atoms with Crippen molar-refractivity contribution in [2.75, 3.05) is 19.7 Å². The molecule has 3 nitrogen and oxygen atoms in total. The Balaban J connectivity index is 1.36. The van der Waals surface area contributed by atoms with E-state index in [0.717, 1.165) is 43.2 Å². The minimum absolute atomic E-state index is 0.124. The summed E-state index contributed by atoms with van der Waals surface area (Å²) in [4.78, 5) is 14.5. The van der Waals surface area contributed by atoms with Gasteiger partial charge >= 0.3 is 0 Å². The molecule has 1 aromatic heterocycles. The molecule has 1 saturated carbocycles. The Bertz CT molecular complexity index is 661. The summed E-state index contributed by atoms with van der Waals surface area (Å²) < 4.78 is 5.92. The van der Waals surface area contributed by atoms with Crippen molar-refractivity contribution < 1.29 is 9.53 Å². The smallest absolute Gasteiger partial charge is 0.253 e. The van der Waals surface area contributed by atoms with Gasteiger partial charge < -0.3 is 9.64 Å². The molecule has 1 aliphatic heterocycles. The third-order valence-corrected chi connectivity index (χ3v) is 5.37. The molecule has 2 heterocycles. The van der Waals surface area contributed by atoms with E-state index in [1.807, 2.05) is 29.2 Å². The number of amides is 1. The SMILES string of the molecule is O=C(c1ccc(-c2ccsc2)cc1)N1CC[C@H](OCC2CC2)C1. The van der Waals surface area contributed by atoms with Crippen LogP contribution in [0.2, 0.25) is 0 Å². The second kappa shape index (κ2) is 6.46. The average Bonchev–Trinajstić information content (AvgIpc) is 3.07. The summed E-state index contributed by atoms with van der Waals surface area (Å²) in [7, 11) is 0. The monoisotopic (exact) mass is 327 g/mol. The summed E-state index contributed by atoms with van der Waals surface area (Å²) >= 11 is 1.69. The summed E-state index contributed by atoms with van der Waals surface area (Å²) in [5.74, 6) is 0.906. The van der Waals surface area contributed by atoms with Crippen molar-refractivity contribution in [1.82, 2.24) is 4.90 Å². The molecule has 2 aromatic rings. The Morgan fingerprint density at radius 1 is 1.13 bits per heavy atom. The Morgan fingerprint density at radius 3 is 2.65 bits per heavy atom. The lowest BCUT2D eigenvalue weighted by atomic mass is 10.1. The molecule has 0 N–H and O–H groups in total. The zero-order chi connectivity index (χ0) is 15.6. The van der Waals surface area contributed by atoms with E-state index in [1.54, 1.807) is 11.3 Å². The molecule has 4 heteroatoms. The van der Waals surface area contributed by atoms with Gasteiger partial charge in [-0.15, -0.1) is 0 Å². The topological polar surface area (TPSA) is 29.5 Å². The molecule has 0 radical (unpaired) electrons. The molecular weight excluding hydrogens is 306 g/mol. The summed E-state index contributed by atoms with van der Waals surface area (Å²) in [5.41, 5.74) is 3.14. The van der Waals surface area contributed by atoms with Gasteiger partial charge in [-0.05, 0) is 65.3 Å². The lowest BCUT2D eigenvalue weighted by Gasteiger charge is -2.17. The van der Waals surface area contributed by atoms with E-state index >= 15 is 0 Å². The molecule has 1 saturated heterocycles. The standard InChI is InChI=1S/C19H21NO2S/c21-19(20-9-7-18(11-20)22-12-14-1-2-14)16-5-3-15(4-6-16)17-8-10-23-13-17/h3-6,8,10,13-14,18H,1-2,7,9,11-12H2/t18-/m0/s1. The highest BCUT2D eigenvalue weighted by Gasteiger charge is 2.29. The second-order valence-corrected chi connectivity index (χ2v) is 7.31. The molecule has 0 bridgehead atoms. The van der Waals surface area contributed by atoms with E-state index in [1.165, 1.54) is 18.4 Å². The largest absolute Gasteiger partial charge is 0.376 e. The number of rotatable bonds is 5. The van der Waals surface area contributed by atoms with Crippen LogP contribution in [0.4, 0.5) is 0 Å². The van der Waals surface area contributed by atoms with Crippen LogP contribution in [-0.2, 0) is 4.74 Å². The minimum Gasteiger partial charge on any atom is -0.376 e. The van der Waals surface area contributed by atoms with Gasteiger partial charge in [0.1, 0.15) is 0 Å². The molecule has 0 unspecified atom stereocenters. The molecular formula is C19H21NO2S. The Kier molecular flexibility index (Phi) is 4.19. The normalized spacial score (nSPS) is 20.9. The van der Waals surface area contributed by atoms with E-state index in [0.29, 0.717) is 0 Å². The van der Waals surface area contributed by atoms with Crippen molar-refractivity contribution in [2.24, 2.45) is 5.92 Å². The number of nitrogens with zero attached hydrogens (tertiary/aromatic N) is 1. The maximum atomic E-state index is 12.6. The number of carbonyl (C=O) groups is 1. The molecule has 120 valence electrons. The number of carbonyl (C=O) groups excluding carboxylic acids is 1. The van der Waals surface area contributed by atoms with Crippen molar-refractivity contribution >= 4 is 17.2 Å². The van der Waals surface area contributed by atoms with Gasteiger partial charge in [-0.25, -0.2) is 0 Å². The lowest BCUT2D eigenvalue weighted by molar-refractivity contribution is 0.0480. The Morgan fingerprint density at radius 2 is 1.96 bits per heavy atom. The first-order chi connectivity index (χ1) is 11.3. The van der Waals surface area contributed by atoms with Crippen molar-refractivity contribution in [3.63, 3.8) is 0 Å². The first-order valence-corrected chi connectivity index (χ1v) is 9.27. The number of hydrogen-bond acceptors (Lipinski definition) is 3. The fraction of sp³-hybridized carbons (Fsp3) is 0.421. The Labute approximate surface area is 140 Å². The molecule has 2 fully saturated rings. The van der Waals surface area contributed by atoms with Gasteiger partial charge in [0.25, 0.3) is 5.91 Å². The molecule has 4 rings (SSSR count). The minimum atomic E-state index is 0.124. The van der Waals surface area contributed by atoms with Crippen LogP contribution in [0, 0.1) is 5.92 Å². The summed E-state index contributed by atoms with van der Waals surface area (Å²) in [6.45, 7) is 2.42. The third-order valence-electron chi connectivity index (χ3n) is 4.68. The summed E-state index contributed by atoms with van der Waals surface area (Å²) in [6.07, 6.45) is 3.81. The van der Waals surface area contributed by atoms with Crippen LogP contribution in [0.3, 0.4) is 0 Å². The molecule has 1 atom stereocenters. The van der Waals surface area contributed by atoms with E-state index in [2.05, 4.69) is 16.8 Å². The zero-order valence-corrected chi connectivity index (χ0v) is 13.9. The average molecular weight is 327 g/mol. The highest BCUT2D eigenvalue weighted by molar-refractivity contribution is 7.08. The van der Waals surface area contributed by atoms with Crippen LogP contribution < -0.4 is 0 Å². The highest BCUT2D eigenvalue weighted by atomic mass is 32.1. The van der Waals surface area contributed by atoms with Crippen LogP contribution >= 0.6 is 11.3 Å². The van der Waals surface area contributed by atoms with Gasteiger partial charge in [0.15, 0.2) is 0 Å². The quantitative estimate of drug-likeness (QED) is 0.829. The number of ether oxygens (including phenoxy) is 1. The van der Waals surface area contributed by atoms with Crippen LogP contribution in [0.1, 0.15) is 29.6 Å². The van der Waals surface area contributed by atoms with Crippen molar-refractivity contribution in [3.05, 3.63) is 46.7 Å². The lowest BCUT2D eigenvalue weighted by Crippen LogP contribution is -2.30. The van der Waals surface area contributed by atoms with Crippen LogP contribution in [0.15, 0.2) is 41.1 Å². The molecule has 1 aromatic carbocycles. The molecule has 2 aliphatic rings. The number of hydrogen-bond donors (Lipinski definition) is 0. The van der Waals surface area contributed by atoms with Gasteiger partial charge in [0, 0.05) is 25.3 Å². The fourth-order valence-electron chi connectivity index (χ4n) is 3.02. The third kappa shape index (κ3) is 3.48. The maximum Gasteiger partial charge on any atom is 0.253 e. The van der Waals surface area contributed by atoms with Gasteiger partial charge in [0.2, 0.25) is 0 Å². The first kappa shape index (κ1) is 14.9. The van der Waals surface area contributed by atoms with E-state index in [4.69, 9.17) is 4.74 Å². The second-order valence-electron chi connectivity index (χ2n) is 6.53. The van der Waals surface area contributed by atoms with Gasteiger partial charge in [-0.1, -0.05) is 12.1 Å². The summed E-state index contributed by atoms with van der Waals surface area (Å²) in [5, 5.41) is 4.19. The Hall–Kier alpha value is -1.65. The van der Waals surface area contributed by atoms with E-state index in [9.17, 15) is 4.79 Å². The maximum absolute atomic E-state index is 12.6. The molecule has 1 amide bonds. The van der Waals surface area contributed by atoms with Gasteiger partial charge in [-0.3, -0.25) is 4.79 Å². The predicted molar refractivity (Wildman–Crippen MR) is 92.7 cm³/mol. The van der Waals surface area contributed by atoms with Crippen LogP contribution in [0.5, 0.6) is 0 Å². The van der Waals surface area contributed by atoms with Crippen molar-refractivity contribution in [1.29, 1.82) is 0 Å². The van der Waals surface area contributed by atoms with Crippen molar-refractivity contribution in [3.8, 4) is 11.1 Å². The van der Waals surface area contributed by atoms with Crippen LogP contribution in [0.25, 0.3) is 11.1 Å². The van der Waals surface area contributed by atoms with E-state index in [-0.39, 0.29) is 12.0 Å². The van der Waals surface area contributed by atoms with E-state index < -0.39 is 0 Å². The fourth-order valence-corrected chi connectivity index (χ4v) is 3.69. The van der Waals surface area contributed by atoms with Crippen molar-refractivity contribution in [2.45, 2.75) is 25.4 Å². The molecule has 1 aliphatic carbocycles. The zero-order valence-electron chi connectivity index (χ0n) is 13.1. The highest BCUT2D eigenvalue weighted by Crippen LogP contribution is 2.30. The summed E-state index contributed by atoms with van der Waals surface area (Å²) in [6, 6.07) is 10.0. The van der Waals surface area contributed by atoms with Gasteiger partial charge in [-0.2, -0.15) is 11.3 Å². The number of benzene rings is 1. The molecule has 23 heavy (non-hydrogen) atoms.